The summed E-state index contributed by atoms with van der Waals surface area (Å²) in [5.74, 6) is -1.40. The summed E-state index contributed by atoms with van der Waals surface area (Å²) in [5, 5.41) is 7.67. The number of anilines is 3. The highest BCUT2D eigenvalue weighted by atomic mass is 19.3. The van der Waals surface area contributed by atoms with Crippen LogP contribution in [-0.2, 0) is 0 Å². The second kappa shape index (κ2) is 7.84. The molecule has 1 saturated heterocycles. The van der Waals surface area contributed by atoms with Crippen molar-refractivity contribution < 1.29 is 8.78 Å². The number of hydrogen-bond acceptors (Lipinski definition) is 7. The summed E-state index contributed by atoms with van der Waals surface area (Å²) in [6, 6.07) is 6.29. The third-order valence-corrected chi connectivity index (χ3v) is 5.86. The van der Waals surface area contributed by atoms with Gasteiger partial charge in [-0.25, -0.2) is 13.8 Å². The van der Waals surface area contributed by atoms with Gasteiger partial charge in [0, 0.05) is 68.8 Å². The number of rotatable bonds is 5. The van der Waals surface area contributed by atoms with Gasteiger partial charge in [-0.1, -0.05) is 0 Å². The topological polar surface area (TPSA) is 75.0 Å². The average Bonchev–Trinajstić information content (AvgIpc) is 3.21. The largest absolute Gasteiger partial charge is 0.369 e. The van der Waals surface area contributed by atoms with Crippen molar-refractivity contribution in [3.8, 4) is 5.82 Å². The van der Waals surface area contributed by atoms with Crippen molar-refractivity contribution in [3.63, 3.8) is 0 Å². The summed E-state index contributed by atoms with van der Waals surface area (Å²) >= 11 is 0. The molecule has 3 aromatic rings. The van der Waals surface area contributed by atoms with Gasteiger partial charge in [0.25, 0.3) is 5.92 Å². The number of aromatic nitrogens is 5. The van der Waals surface area contributed by atoms with E-state index >= 15 is 0 Å². The highest BCUT2D eigenvalue weighted by Gasteiger charge is 2.48. The first-order valence-corrected chi connectivity index (χ1v) is 10.4. The number of hydrogen-bond donors (Lipinski definition) is 1. The van der Waals surface area contributed by atoms with Gasteiger partial charge in [0.2, 0.25) is 5.95 Å². The molecule has 3 heterocycles. The SMILES string of the molecule is Cc1cc(Nc2ncn(-c3cnccn3)n2)cc(N2CCN(C3CC(F)(F)C3)CC2)c1. The number of aryl methyl sites for hydroxylation is 1. The Bertz CT molecular complexity index is 1040. The van der Waals surface area contributed by atoms with E-state index in [1.807, 2.05) is 13.0 Å². The molecule has 0 spiro atoms. The molecule has 0 unspecified atom stereocenters. The lowest BCUT2D eigenvalue weighted by Crippen LogP contribution is -2.57. The molecule has 2 aromatic heterocycles. The van der Waals surface area contributed by atoms with Gasteiger partial charge >= 0.3 is 0 Å². The summed E-state index contributed by atoms with van der Waals surface area (Å²) in [7, 11) is 0. The van der Waals surface area contributed by atoms with Crippen LogP contribution in [0.25, 0.3) is 5.82 Å². The summed E-state index contributed by atoms with van der Waals surface area (Å²) in [5.41, 5.74) is 3.12. The average molecular weight is 426 g/mol. The van der Waals surface area contributed by atoms with E-state index in [2.05, 4.69) is 47.3 Å². The normalized spacial score (nSPS) is 19.3. The Morgan fingerprint density at radius 2 is 1.84 bits per heavy atom. The minimum Gasteiger partial charge on any atom is -0.369 e. The molecule has 0 atom stereocenters. The van der Waals surface area contributed by atoms with E-state index < -0.39 is 5.92 Å². The molecule has 1 N–H and O–H groups in total. The van der Waals surface area contributed by atoms with Gasteiger partial charge in [-0.3, -0.25) is 9.88 Å². The monoisotopic (exact) mass is 426 g/mol. The molecule has 8 nitrogen and oxygen atoms in total. The fourth-order valence-electron chi connectivity index (χ4n) is 4.22. The fraction of sp³-hybridized carbons (Fsp3) is 0.429. The van der Waals surface area contributed by atoms with E-state index in [4.69, 9.17) is 0 Å². The van der Waals surface area contributed by atoms with Gasteiger partial charge in [0.15, 0.2) is 5.82 Å². The quantitative estimate of drug-likeness (QED) is 0.672. The lowest BCUT2D eigenvalue weighted by Gasteiger charge is -2.46. The van der Waals surface area contributed by atoms with E-state index in [9.17, 15) is 8.78 Å². The highest BCUT2D eigenvalue weighted by molar-refractivity contribution is 5.64. The Balaban J connectivity index is 1.24. The van der Waals surface area contributed by atoms with Crippen molar-refractivity contribution in [2.24, 2.45) is 0 Å². The van der Waals surface area contributed by atoms with E-state index in [1.165, 1.54) is 0 Å². The molecule has 31 heavy (non-hydrogen) atoms. The summed E-state index contributed by atoms with van der Waals surface area (Å²) in [4.78, 5) is 17.1. The van der Waals surface area contributed by atoms with Crippen LogP contribution in [0.2, 0.25) is 0 Å². The second-order valence-corrected chi connectivity index (χ2v) is 8.20. The molecule has 0 radical (unpaired) electrons. The van der Waals surface area contributed by atoms with E-state index in [1.54, 1.807) is 29.6 Å². The van der Waals surface area contributed by atoms with Gasteiger partial charge in [-0.2, -0.15) is 9.67 Å². The molecule has 0 bridgehead atoms. The molecule has 1 saturated carbocycles. The summed E-state index contributed by atoms with van der Waals surface area (Å²) in [6.07, 6.45) is 6.42. The maximum absolute atomic E-state index is 13.2. The number of alkyl halides is 2. The fourth-order valence-corrected chi connectivity index (χ4v) is 4.22. The van der Waals surface area contributed by atoms with Crippen molar-refractivity contribution in [1.82, 2.24) is 29.6 Å². The van der Waals surface area contributed by atoms with Gasteiger partial charge < -0.3 is 10.2 Å². The predicted octanol–water partition coefficient (Wildman–Crippen LogP) is 3.03. The number of piperazine rings is 1. The van der Waals surface area contributed by atoms with Crippen LogP contribution in [0.3, 0.4) is 0 Å². The molecular weight excluding hydrogens is 402 g/mol. The lowest BCUT2D eigenvalue weighted by atomic mass is 9.86. The maximum atomic E-state index is 13.2. The zero-order valence-electron chi connectivity index (χ0n) is 17.2. The van der Waals surface area contributed by atoms with Crippen molar-refractivity contribution >= 4 is 17.3 Å². The molecule has 2 aliphatic rings. The third kappa shape index (κ3) is 4.34. The minimum atomic E-state index is -2.47. The van der Waals surface area contributed by atoms with Crippen LogP contribution in [0, 0.1) is 6.92 Å². The zero-order chi connectivity index (χ0) is 21.4. The third-order valence-electron chi connectivity index (χ3n) is 5.86. The molecule has 1 aliphatic heterocycles. The predicted molar refractivity (Wildman–Crippen MR) is 113 cm³/mol. The Labute approximate surface area is 178 Å². The molecule has 162 valence electrons. The smallest absolute Gasteiger partial charge is 0.251 e. The first-order chi connectivity index (χ1) is 14.9. The van der Waals surface area contributed by atoms with Crippen LogP contribution >= 0.6 is 0 Å². The van der Waals surface area contributed by atoms with Crippen molar-refractivity contribution in [2.75, 3.05) is 36.4 Å². The first kappa shape index (κ1) is 19.8. The first-order valence-electron chi connectivity index (χ1n) is 10.4. The number of benzene rings is 1. The van der Waals surface area contributed by atoms with E-state index in [0.717, 1.165) is 43.1 Å². The second-order valence-electron chi connectivity index (χ2n) is 8.20. The Morgan fingerprint density at radius 3 is 2.55 bits per heavy atom. The molecule has 1 aromatic carbocycles. The molecule has 2 fully saturated rings. The molecule has 0 amide bonds. The molecule has 1 aliphatic carbocycles. The van der Waals surface area contributed by atoms with Crippen molar-refractivity contribution in [1.29, 1.82) is 0 Å². The molecular formula is C21H24F2N8. The highest BCUT2D eigenvalue weighted by Crippen LogP contribution is 2.40. The van der Waals surface area contributed by atoms with E-state index in [0.29, 0.717) is 11.8 Å². The summed E-state index contributed by atoms with van der Waals surface area (Å²) in [6.45, 7) is 5.31. The standard InChI is InChI=1S/C21H24F2N8/c1-15-8-16(27-20-26-14-31(28-20)19-13-24-2-3-25-19)10-17(9-15)29-4-6-30(7-5-29)18-11-21(22,23)12-18/h2-3,8-10,13-14,18H,4-7,11-12H2,1H3,(H,27,28). The number of nitrogens with zero attached hydrogens (tertiary/aromatic N) is 7. The van der Waals surface area contributed by atoms with Gasteiger partial charge in [0.1, 0.15) is 6.33 Å². The molecule has 10 heteroatoms. The maximum Gasteiger partial charge on any atom is 0.251 e. The Kier molecular flexibility index (Phi) is 5.01. The Hall–Kier alpha value is -3.14. The van der Waals surface area contributed by atoms with Crippen LogP contribution < -0.4 is 10.2 Å². The van der Waals surface area contributed by atoms with Gasteiger partial charge in [0.05, 0.1) is 6.20 Å². The van der Waals surface area contributed by atoms with Crippen molar-refractivity contribution in [3.05, 3.63) is 48.7 Å². The van der Waals surface area contributed by atoms with Crippen LogP contribution in [-0.4, -0.2) is 67.8 Å². The minimum absolute atomic E-state index is 0.000274. The number of halogens is 2. The van der Waals surface area contributed by atoms with Crippen LogP contribution in [0.4, 0.5) is 26.1 Å². The Morgan fingerprint density at radius 1 is 1.03 bits per heavy atom. The van der Waals surface area contributed by atoms with Crippen molar-refractivity contribution in [2.45, 2.75) is 31.7 Å². The summed E-state index contributed by atoms with van der Waals surface area (Å²) < 4.78 is 27.9. The molecule has 5 rings (SSSR count). The van der Waals surface area contributed by atoms with Crippen LogP contribution in [0.1, 0.15) is 18.4 Å². The van der Waals surface area contributed by atoms with Gasteiger partial charge in [-0.15, -0.1) is 5.10 Å². The zero-order valence-corrected chi connectivity index (χ0v) is 17.2. The number of nitrogens with one attached hydrogen (secondary N) is 1. The van der Waals surface area contributed by atoms with Crippen LogP contribution in [0.5, 0.6) is 0 Å². The van der Waals surface area contributed by atoms with Gasteiger partial charge in [-0.05, 0) is 30.7 Å². The van der Waals surface area contributed by atoms with E-state index in [-0.39, 0.29) is 18.9 Å². The lowest BCUT2D eigenvalue weighted by molar-refractivity contribution is -0.124. The van der Waals surface area contributed by atoms with Crippen LogP contribution in [0.15, 0.2) is 43.1 Å².